The Hall–Kier alpha value is -1.82. The number of pyridine rings is 1. The van der Waals surface area contributed by atoms with E-state index in [0.717, 1.165) is 6.29 Å². The lowest BCUT2D eigenvalue weighted by atomic mass is 10.1. The van der Waals surface area contributed by atoms with Crippen LogP contribution in [0.25, 0.3) is 0 Å². The molecule has 1 aromatic rings. The van der Waals surface area contributed by atoms with Crippen LogP contribution in [-0.2, 0) is 14.8 Å². The molecule has 0 spiro atoms. The lowest BCUT2D eigenvalue weighted by Crippen LogP contribution is -2.56. The van der Waals surface area contributed by atoms with Crippen molar-refractivity contribution in [1.82, 2.24) is 19.1 Å². The van der Waals surface area contributed by atoms with Crippen molar-refractivity contribution in [3.8, 4) is 0 Å². The summed E-state index contributed by atoms with van der Waals surface area (Å²) in [4.78, 5) is 19.5. The second-order valence-corrected chi connectivity index (χ2v) is 10.6. The number of carbonyl (C=O) groups excluding carboxylic acids is 1. The number of piperazine rings is 1. The Labute approximate surface area is 200 Å². The van der Waals surface area contributed by atoms with Crippen LogP contribution in [-0.4, -0.2) is 91.3 Å². The highest BCUT2D eigenvalue weighted by molar-refractivity contribution is 7.89. The minimum atomic E-state index is -4.19. The first-order valence-electron chi connectivity index (χ1n) is 11.5. The zero-order valence-corrected chi connectivity index (χ0v) is 20.6. The number of hydrogen-bond donors (Lipinski definition) is 0. The van der Waals surface area contributed by atoms with E-state index in [-0.39, 0.29) is 13.1 Å². The van der Waals surface area contributed by atoms with E-state index in [9.17, 15) is 26.4 Å². The van der Waals surface area contributed by atoms with Gasteiger partial charge in [-0.05, 0) is 51.0 Å². The molecule has 34 heavy (non-hydrogen) atoms. The molecule has 1 fully saturated rings. The van der Waals surface area contributed by atoms with Gasteiger partial charge in [-0.25, -0.2) is 8.42 Å². The Balaban J connectivity index is 1.91. The molecule has 0 radical (unpaired) electrons. The maximum absolute atomic E-state index is 13.2. The Kier molecular flexibility index (Phi) is 10.7. The molecule has 2 heterocycles. The Bertz CT molecular complexity index is 883. The van der Waals surface area contributed by atoms with Gasteiger partial charge in [0.25, 0.3) is 0 Å². The highest BCUT2D eigenvalue weighted by atomic mass is 32.2. The highest BCUT2D eigenvalue weighted by Gasteiger charge is 2.37. The van der Waals surface area contributed by atoms with Gasteiger partial charge in [0.1, 0.15) is 11.5 Å². The van der Waals surface area contributed by atoms with Gasteiger partial charge in [0, 0.05) is 38.1 Å². The molecular formula is C23H35F3N4O3S. The summed E-state index contributed by atoms with van der Waals surface area (Å²) in [5.41, 5.74) is 0.516. The first-order valence-corrected chi connectivity index (χ1v) is 13.0. The second kappa shape index (κ2) is 12.8. The maximum Gasteiger partial charge on any atom is 0.390 e. The summed E-state index contributed by atoms with van der Waals surface area (Å²) >= 11 is 0. The molecule has 11 heteroatoms. The molecule has 0 N–H and O–H groups in total. The highest BCUT2D eigenvalue weighted by Crippen LogP contribution is 2.28. The summed E-state index contributed by atoms with van der Waals surface area (Å²) in [6.45, 7) is 9.47. The fourth-order valence-corrected chi connectivity index (χ4v) is 6.12. The predicted molar refractivity (Wildman–Crippen MR) is 126 cm³/mol. The number of carbonyl (C=O) groups is 1. The number of nitrogens with zero attached hydrogens (tertiary/aromatic N) is 4. The van der Waals surface area contributed by atoms with Crippen molar-refractivity contribution in [3.05, 3.63) is 42.7 Å². The molecule has 0 bridgehead atoms. The summed E-state index contributed by atoms with van der Waals surface area (Å²) in [6, 6.07) is 2.18. The number of rotatable bonds is 13. The quantitative estimate of drug-likeness (QED) is 0.233. The zero-order chi connectivity index (χ0) is 25.4. The van der Waals surface area contributed by atoms with Crippen molar-refractivity contribution in [2.45, 2.75) is 56.6 Å². The summed E-state index contributed by atoms with van der Waals surface area (Å²) in [5, 5.41) is -0.946. The zero-order valence-electron chi connectivity index (χ0n) is 19.8. The number of hydrogen-bond acceptors (Lipinski definition) is 6. The molecule has 1 aromatic heterocycles. The van der Waals surface area contributed by atoms with Gasteiger partial charge in [-0.2, -0.15) is 17.5 Å². The Morgan fingerprint density at radius 3 is 2.62 bits per heavy atom. The first kappa shape index (κ1) is 28.4. The number of halogens is 3. The molecule has 3 unspecified atom stereocenters. The van der Waals surface area contributed by atoms with Crippen LogP contribution in [0.3, 0.4) is 0 Å². The predicted octanol–water partition coefficient (Wildman–Crippen LogP) is 3.27. The van der Waals surface area contributed by atoms with Crippen LogP contribution in [0, 0.1) is 0 Å². The van der Waals surface area contributed by atoms with Crippen molar-refractivity contribution in [2.75, 3.05) is 39.3 Å². The van der Waals surface area contributed by atoms with Crippen LogP contribution in [0.5, 0.6) is 0 Å². The molecule has 0 saturated carbocycles. The molecule has 0 amide bonds. The van der Waals surface area contributed by atoms with Crippen LogP contribution in [0.4, 0.5) is 13.2 Å². The fraction of sp³-hybridized carbons (Fsp3) is 0.652. The average molecular weight is 505 g/mol. The van der Waals surface area contributed by atoms with Crippen molar-refractivity contribution in [1.29, 1.82) is 0 Å². The molecule has 192 valence electrons. The van der Waals surface area contributed by atoms with Gasteiger partial charge in [-0.3, -0.25) is 9.88 Å². The second-order valence-electron chi connectivity index (χ2n) is 8.59. The van der Waals surface area contributed by atoms with Crippen molar-refractivity contribution < 1.29 is 26.4 Å². The molecular weight excluding hydrogens is 469 g/mol. The summed E-state index contributed by atoms with van der Waals surface area (Å²) in [7, 11) is -3.77. The van der Waals surface area contributed by atoms with Crippen LogP contribution in [0.15, 0.2) is 37.2 Å². The van der Waals surface area contributed by atoms with Crippen LogP contribution in [0.1, 0.15) is 43.9 Å². The van der Waals surface area contributed by atoms with Gasteiger partial charge < -0.3 is 9.69 Å². The summed E-state index contributed by atoms with van der Waals surface area (Å²) in [6.07, 6.45) is 1.56. The molecule has 0 aliphatic carbocycles. The van der Waals surface area contributed by atoms with Crippen LogP contribution >= 0.6 is 0 Å². The molecule has 2 rings (SSSR count). The molecule has 7 nitrogen and oxygen atoms in total. The monoisotopic (exact) mass is 504 g/mol. The van der Waals surface area contributed by atoms with Crippen LogP contribution < -0.4 is 0 Å². The Morgan fingerprint density at radius 2 is 2.06 bits per heavy atom. The maximum atomic E-state index is 13.2. The number of sulfonamides is 1. The van der Waals surface area contributed by atoms with E-state index in [2.05, 4.69) is 11.6 Å². The van der Waals surface area contributed by atoms with E-state index in [4.69, 9.17) is 0 Å². The third-order valence-electron chi connectivity index (χ3n) is 6.26. The largest absolute Gasteiger partial charge is 0.390 e. The Morgan fingerprint density at radius 1 is 1.32 bits per heavy atom. The standard InChI is InChI=1S/C23H35F3N4O3S/c1-4-22(20-9-8-10-27-16-20)34(32,33)30-14-13-29(21(17-30)18-31)12-7-6-11-28(5-2)19(3)15-23(24,25)26/h4,8-10,16,18-19,21-22H,1,5-7,11-15,17H2,2-3H3. The van der Waals surface area contributed by atoms with Crippen molar-refractivity contribution in [3.63, 3.8) is 0 Å². The van der Waals surface area contributed by atoms with Crippen molar-refractivity contribution in [2.24, 2.45) is 0 Å². The van der Waals surface area contributed by atoms with Gasteiger partial charge in [0.05, 0.1) is 12.5 Å². The summed E-state index contributed by atoms with van der Waals surface area (Å²) in [5.74, 6) is 0. The van der Waals surface area contributed by atoms with Gasteiger partial charge in [-0.15, -0.1) is 6.58 Å². The van der Waals surface area contributed by atoms with E-state index in [1.54, 1.807) is 25.3 Å². The molecule has 1 aliphatic rings. The van der Waals surface area contributed by atoms with E-state index < -0.39 is 40.0 Å². The van der Waals surface area contributed by atoms with Gasteiger partial charge in [0.15, 0.2) is 0 Å². The molecule has 1 aliphatic heterocycles. The van der Waals surface area contributed by atoms with Gasteiger partial charge >= 0.3 is 6.18 Å². The number of unbranched alkanes of at least 4 members (excludes halogenated alkanes) is 1. The smallest absolute Gasteiger partial charge is 0.302 e. The normalized spacial score (nSPS) is 20.2. The summed E-state index contributed by atoms with van der Waals surface area (Å²) < 4.78 is 65.8. The first-order chi connectivity index (χ1) is 16.0. The van der Waals surface area contributed by atoms with Crippen molar-refractivity contribution >= 4 is 16.3 Å². The fourth-order valence-electron chi connectivity index (χ4n) is 4.38. The van der Waals surface area contributed by atoms with E-state index in [0.29, 0.717) is 44.6 Å². The van der Waals surface area contributed by atoms with Crippen LogP contribution in [0.2, 0.25) is 0 Å². The molecule has 1 saturated heterocycles. The lowest BCUT2D eigenvalue weighted by Gasteiger charge is -2.39. The van der Waals surface area contributed by atoms with E-state index in [1.165, 1.54) is 16.6 Å². The molecule has 0 aromatic carbocycles. The van der Waals surface area contributed by atoms with Gasteiger partial charge in [0.2, 0.25) is 10.0 Å². The minimum absolute atomic E-state index is 0.0557. The lowest BCUT2D eigenvalue weighted by molar-refractivity contribution is -0.146. The third-order valence-corrected chi connectivity index (χ3v) is 8.42. The third kappa shape index (κ3) is 7.86. The number of alkyl halides is 3. The topological polar surface area (TPSA) is 73.8 Å². The van der Waals surface area contributed by atoms with E-state index >= 15 is 0 Å². The number of aromatic nitrogens is 1. The van der Waals surface area contributed by atoms with Gasteiger partial charge in [-0.1, -0.05) is 19.1 Å². The number of aldehydes is 1. The SMILES string of the molecule is C=CC(c1cccnc1)S(=O)(=O)N1CCN(CCCCN(CC)C(C)CC(F)(F)F)C(C=O)C1. The van der Waals surface area contributed by atoms with E-state index in [1.807, 2.05) is 16.7 Å². The molecule has 3 atom stereocenters. The minimum Gasteiger partial charge on any atom is -0.302 e. The average Bonchev–Trinajstić information content (AvgIpc) is 2.78.